The summed E-state index contributed by atoms with van der Waals surface area (Å²) in [6, 6.07) is 7.86. The number of nitrogens with zero attached hydrogens (tertiary/aromatic N) is 2. The van der Waals surface area contributed by atoms with Crippen LogP contribution in [0.3, 0.4) is 0 Å². The predicted molar refractivity (Wildman–Crippen MR) is 91.7 cm³/mol. The monoisotopic (exact) mass is 326 g/mol. The molecule has 1 unspecified atom stereocenters. The zero-order chi connectivity index (χ0) is 16.7. The van der Waals surface area contributed by atoms with E-state index in [9.17, 15) is 5.11 Å². The Morgan fingerprint density at radius 2 is 2.25 bits per heavy atom. The molecule has 0 aliphatic heterocycles. The lowest BCUT2D eigenvalue weighted by Crippen LogP contribution is -2.32. The topological polar surface area (TPSA) is 75.1 Å². The van der Waals surface area contributed by atoms with Crippen LogP contribution in [0.1, 0.15) is 37.3 Å². The van der Waals surface area contributed by atoms with Gasteiger partial charge in [-0.15, -0.1) is 0 Å². The quantitative estimate of drug-likeness (QED) is 0.609. The first kappa shape index (κ1) is 15.2. The fourth-order valence-electron chi connectivity index (χ4n) is 3.19. The highest BCUT2D eigenvalue weighted by atomic mass is 16.5. The van der Waals surface area contributed by atoms with Crippen LogP contribution in [0.15, 0.2) is 36.7 Å². The molecule has 1 aliphatic carbocycles. The number of aliphatic hydroxyl groups is 1. The summed E-state index contributed by atoms with van der Waals surface area (Å²) in [5.41, 5.74) is 2.70. The molecule has 24 heavy (non-hydrogen) atoms. The molecule has 0 spiro atoms. The first-order valence-corrected chi connectivity index (χ1v) is 8.30. The minimum Gasteiger partial charge on any atom is -0.494 e. The van der Waals surface area contributed by atoms with Crippen molar-refractivity contribution < 1.29 is 9.84 Å². The Hall–Kier alpha value is -2.31. The van der Waals surface area contributed by atoms with Gasteiger partial charge in [-0.2, -0.15) is 5.10 Å². The molecule has 1 fully saturated rings. The average Bonchev–Trinajstić information content (AvgIpc) is 3.01. The summed E-state index contributed by atoms with van der Waals surface area (Å²) in [4.78, 5) is 3.28. The molecule has 2 heterocycles. The van der Waals surface area contributed by atoms with Crippen molar-refractivity contribution in [3.8, 4) is 5.75 Å². The van der Waals surface area contributed by atoms with Gasteiger partial charge in [-0.1, -0.05) is 0 Å². The molecule has 0 bridgehead atoms. The van der Waals surface area contributed by atoms with Crippen LogP contribution in [0.25, 0.3) is 10.9 Å². The molecule has 1 atom stereocenters. The van der Waals surface area contributed by atoms with E-state index < -0.39 is 6.23 Å². The van der Waals surface area contributed by atoms with Crippen LogP contribution in [-0.4, -0.2) is 26.5 Å². The fourth-order valence-corrected chi connectivity index (χ4v) is 3.19. The second-order valence-electron chi connectivity index (χ2n) is 6.44. The molecule has 0 amide bonds. The molecule has 3 aromatic rings. The molecule has 126 valence electrons. The van der Waals surface area contributed by atoms with Gasteiger partial charge in [-0.25, -0.2) is 0 Å². The summed E-state index contributed by atoms with van der Waals surface area (Å²) >= 11 is 0. The fraction of sp³-hybridized carbons (Fsp3) is 0.389. The van der Waals surface area contributed by atoms with E-state index in [0.29, 0.717) is 6.61 Å². The normalized spacial score (nSPS) is 17.1. The van der Waals surface area contributed by atoms with Crippen molar-refractivity contribution in [1.82, 2.24) is 20.1 Å². The Morgan fingerprint density at radius 3 is 2.92 bits per heavy atom. The molecule has 3 N–H and O–H groups in total. The second-order valence-corrected chi connectivity index (χ2v) is 6.44. The van der Waals surface area contributed by atoms with Gasteiger partial charge in [0, 0.05) is 35.2 Å². The van der Waals surface area contributed by atoms with Crippen molar-refractivity contribution in [3.05, 3.63) is 47.9 Å². The van der Waals surface area contributed by atoms with E-state index in [0.717, 1.165) is 40.8 Å². The molecule has 0 saturated heterocycles. The maximum Gasteiger partial charge on any atom is 0.146 e. The average molecular weight is 326 g/mol. The summed E-state index contributed by atoms with van der Waals surface area (Å²) in [7, 11) is 1.91. The van der Waals surface area contributed by atoms with Gasteiger partial charge in [-0.3, -0.25) is 10.00 Å². The van der Waals surface area contributed by atoms with E-state index in [4.69, 9.17) is 4.74 Å². The van der Waals surface area contributed by atoms with Crippen molar-refractivity contribution >= 4 is 10.9 Å². The largest absolute Gasteiger partial charge is 0.494 e. The van der Waals surface area contributed by atoms with E-state index in [1.807, 2.05) is 50.6 Å². The van der Waals surface area contributed by atoms with E-state index in [2.05, 4.69) is 15.4 Å². The van der Waals surface area contributed by atoms with Crippen molar-refractivity contribution in [2.75, 3.05) is 6.61 Å². The molecule has 6 nitrogen and oxygen atoms in total. The van der Waals surface area contributed by atoms with Crippen LogP contribution in [0.5, 0.6) is 5.75 Å². The highest BCUT2D eigenvalue weighted by Gasteiger charge is 2.46. The van der Waals surface area contributed by atoms with Crippen LogP contribution in [0.2, 0.25) is 0 Å². The predicted octanol–water partition coefficient (Wildman–Crippen LogP) is 2.57. The van der Waals surface area contributed by atoms with Crippen molar-refractivity contribution in [2.24, 2.45) is 7.05 Å². The zero-order valence-corrected chi connectivity index (χ0v) is 13.9. The number of rotatable bonds is 6. The van der Waals surface area contributed by atoms with Crippen LogP contribution in [0, 0.1) is 0 Å². The SMILES string of the molecule is CCOc1ccc2[nH]c(C(O)NC3(c4cnn(C)c4)CC3)cc2c1. The lowest BCUT2D eigenvalue weighted by molar-refractivity contribution is 0.114. The number of nitrogens with one attached hydrogen (secondary N) is 2. The van der Waals surface area contributed by atoms with Crippen LogP contribution < -0.4 is 10.1 Å². The third-order valence-corrected chi connectivity index (χ3v) is 4.64. The van der Waals surface area contributed by atoms with Crippen LogP contribution >= 0.6 is 0 Å². The molecule has 4 rings (SSSR count). The van der Waals surface area contributed by atoms with Gasteiger partial charge in [0.2, 0.25) is 0 Å². The lowest BCUT2D eigenvalue weighted by atomic mass is 10.1. The summed E-state index contributed by atoms with van der Waals surface area (Å²) in [6.07, 6.45) is 5.13. The molecule has 1 aromatic carbocycles. The van der Waals surface area contributed by atoms with E-state index in [-0.39, 0.29) is 5.54 Å². The van der Waals surface area contributed by atoms with Gasteiger partial charge in [0.05, 0.1) is 18.5 Å². The van der Waals surface area contributed by atoms with E-state index in [1.165, 1.54) is 0 Å². The number of H-pyrrole nitrogens is 1. The smallest absolute Gasteiger partial charge is 0.146 e. The summed E-state index contributed by atoms with van der Waals surface area (Å²) in [6.45, 7) is 2.61. The highest BCUT2D eigenvalue weighted by Crippen LogP contribution is 2.46. The Kier molecular flexibility index (Phi) is 3.58. The molecule has 1 saturated carbocycles. The summed E-state index contributed by atoms with van der Waals surface area (Å²) < 4.78 is 7.33. The Balaban J connectivity index is 1.56. The van der Waals surface area contributed by atoms with Gasteiger partial charge in [-0.05, 0) is 44.0 Å². The van der Waals surface area contributed by atoms with Crippen molar-refractivity contribution in [2.45, 2.75) is 31.5 Å². The number of hydrogen-bond acceptors (Lipinski definition) is 4. The standard InChI is InChI=1S/C18H22N4O2/c1-3-24-14-4-5-15-12(8-14)9-16(20-15)17(23)21-18(6-7-18)13-10-19-22(2)11-13/h4-5,8-11,17,20-21,23H,3,6-7H2,1-2H3. The van der Waals surface area contributed by atoms with Gasteiger partial charge in [0.25, 0.3) is 0 Å². The first-order valence-electron chi connectivity index (χ1n) is 8.30. The first-order chi connectivity index (χ1) is 11.6. The molecular formula is C18H22N4O2. The summed E-state index contributed by atoms with van der Waals surface area (Å²) in [5.74, 6) is 0.840. The third-order valence-electron chi connectivity index (χ3n) is 4.64. The Bertz CT molecular complexity index is 863. The van der Waals surface area contributed by atoms with E-state index >= 15 is 0 Å². The van der Waals surface area contributed by atoms with Crippen molar-refractivity contribution in [1.29, 1.82) is 0 Å². The highest BCUT2D eigenvalue weighted by molar-refractivity contribution is 5.82. The molecule has 0 radical (unpaired) electrons. The minimum atomic E-state index is -0.754. The number of fused-ring (bicyclic) bond motifs is 1. The maximum atomic E-state index is 10.6. The minimum absolute atomic E-state index is 0.165. The molecule has 1 aliphatic rings. The maximum absolute atomic E-state index is 10.6. The molecule has 2 aromatic heterocycles. The number of ether oxygens (including phenoxy) is 1. The molecular weight excluding hydrogens is 304 g/mol. The number of aromatic nitrogens is 3. The summed E-state index contributed by atoms with van der Waals surface area (Å²) in [5, 5.41) is 19.3. The van der Waals surface area contributed by atoms with E-state index in [1.54, 1.807) is 4.68 Å². The lowest BCUT2D eigenvalue weighted by Gasteiger charge is -2.20. The Morgan fingerprint density at radius 1 is 1.42 bits per heavy atom. The number of aliphatic hydroxyl groups excluding tert-OH is 1. The number of hydrogen-bond donors (Lipinski definition) is 3. The van der Waals surface area contributed by atoms with Gasteiger partial charge in [0.15, 0.2) is 0 Å². The van der Waals surface area contributed by atoms with Crippen LogP contribution in [0.4, 0.5) is 0 Å². The second kappa shape index (κ2) is 5.65. The number of aromatic amines is 1. The van der Waals surface area contributed by atoms with Gasteiger partial charge in [0.1, 0.15) is 12.0 Å². The number of aryl methyl sites for hydroxylation is 1. The zero-order valence-electron chi connectivity index (χ0n) is 13.9. The van der Waals surface area contributed by atoms with Crippen molar-refractivity contribution in [3.63, 3.8) is 0 Å². The number of benzene rings is 1. The van der Waals surface area contributed by atoms with Gasteiger partial charge >= 0.3 is 0 Å². The van der Waals surface area contributed by atoms with Gasteiger partial charge < -0.3 is 14.8 Å². The third kappa shape index (κ3) is 2.68. The Labute approximate surface area is 140 Å². The van der Waals surface area contributed by atoms with Crippen LogP contribution in [-0.2, 0) is 12.6 Å². The molecule has 6 heteroatoms.